The molecule has 0 aliphatic carbocycles. The number of piperazine rings is 1. The van der Waals surface area contributed by atoms with Gasteiger partial charge in [0.05, 0.1) is 44.4 Å². The first-order valence-electron chi connectivity index (χ1n) is 27.5. The Labute approximate surface area is 464 Å². The normalized spacial score (nSPS) is 17.1. The Morgan fingerprint density at radius 2 is 1.17 bits per heavy atom. The number of alkyl carbamates (subject to hydrolysis) is 2. The summed E-state index contributed by atoms with van der Waals surface area (Å²) in [7, 11) is -0.241. The molecule has 2 aliphatic heterocycles. The van der Waals surface area contributed by atoms with Gasteiger partial charge in [-0.15, -0.1) is 0 Å². The van der Waals surface area contributed by atoms with Crippen LogP contribution in [0.2, 0.25) is 51.4 Å². The molecule has 2 aromatic carbocycles. The van der Waals surface area contributed by atoms with Crippen molar-refractivity contribution in [2.75, 3.05) is 53.6 Å². The molecule has 2 aliphatic rings. The van der Waals surface area contributed by atoms with E-state index in [2.05, 4.69) is 90.9 Å². The Morgan fingerprint density at radius 3 is 1.67 bits per heavy atom. The summed E-state index contributed by atoms with van der Waals surface area (Å²) >= 11 is 0. The Balaban J connectivity index is 1.32. The number of hydrogen-bond donors (Lipinski definition) is 2. The van der Waals surface area contributed by atoms with E-state index in [1.165, 1.54) is 14.2 Å². The molecule has 0 radical (unpaired) electrons. The quantitative estimate of drug-likeness (QED) is 0.0455. The smallest absolute Gasteiger partial charge is 0.410 e. The summed E-state index contributed by atoms with van der Waals surface area (Å²) in [6.07, 6.45) is 3.47. The summed E-state index contributed by atoms with van der Waals surface area (Å²) < 4.78 is 32.3. The van der Waals surface area contributed by atoms with Crippen LogP contribution in [-0.4, -0.2) is 151 Å². The minimum atomic E-state index is -1.42. The molecule has 5 amide bonds. The lowest BCUT2D eigenvalue weighted by molar-refractivity contribution is -0.140. The zero-order valence-electron chi connectivity index (χ0n) is 48.9. The van der Waals surface area contributed by atoms with Gasteiger partial charge in [-0.2, -0.15) is 0 Å². The Kier molecular flexibility index (Phi) is 20.6. The maximum absolute atomic E-state index is 14.6. The van der Waals surface area contributed by atoms with Crippen molar-refractivity contribution < 1.29 is 47.7 Å². The fourth-order valence-electron chi connectivity index (χ4n) is 9.52. The lowest BCUT2D eigenvalue weighted by Gasteiger charge is -2.42. The van der Waals surface area contributed by atoms with Crippen molar-refractivity contribution in [3.8, 4) is 33.6 Å². The minimum absolute atomic E-state index is 0.103. The van der Waals surface area contributed by atoms with Crippen LogP contribution in [0.25, 0.3) is 33.6 Å². The van der Waals surface area contributed by atoms with Gasteiger partial charge >= 0.3 is 18.3 Å². The average molecular weight is 1110 g/mol. The molecular formula is C57H87N9O10Si2. The number of aromatic nitrogens is 4. The van der Waals surface area contributed by atoms with Crippen LogP contribution in [0.5, 0.6) is 0 Å². The zero-order chi connectivity index (χ0) is 57.3. The van der Waals surface area contributed by atoms with Crippen LogP contribution in [0.3, 0.4) is 0 Å². The van der Waals surface area contributed by atoms with Gasteiger partial charge < -0.3 is 58.2 Å². The summed E-state index contributed by atoms with van der Waals surface area (Å²) in [5.74, 6) is 0.363. The third-order valence-electron chi connectivity index (χ3n) is 14.1. The molecule has 21 heteroatoms. The second-order valence-corrected chi connectivity index (χ2v) is 35.9. The van der Waals surface area contributed by atoms with Crippen molar-refractivity contribution in [1.82, 2.24) is 44.4 Å². The van der Waals surface area contributed by atoms with Crippen molar-refractivity contribution in [1.29, 1.82) is 0 Å². The second-order valence-electron chi connectivity index (χ2n) is 24.6. The summed E-state index contributed by atoms with van der Waals surface area (Å²) in [5.41, 5.74) is 4.56. The first kappa shape index (κ1) is 61.2. The highest BCUT2D eigenvalue weighted by molar-refractivity contribution is 6.76. The highest BCUT2D eigenvalue weighted by Gasteiger charge is 2.42. The number of carbonyl (C=O) groups excluding carboxylic acids is 5. The number of nitrogens with one attached hydrogen (secondary N) is 2. The number of ether oxygens (including phenoxy) is 5. The standard InChI is InChI=1S/C57H87N9O10Si2/c1-38(2)48(60-54(69)72-8)52(67)64-26-16-17-45(64)50-58-33-46(66(50)37-75-30-32-78(13,14)15)43-24-20-41(21-25-43)40-18-22-42(23-19-40)44-34-63(36-74-29-31-77(10,11)12)51(59-44)47-35-62(56(71)76-57(5,6)7)27-28-65(47)53(68)49(39(3)4)61-55(70)73-9/h18-25,33-34,38-39,45,47-49H,16-17,26-32,35-37H2,1-15H3,(H,60,69)(H,61,70)/t45-,47-,48-,49-/m0/s1. The number of carbonyl (C=O) groups is 5. The van der Waals surface area contributed by atoms with Gasteiger partial charge in [0.15, 0.2) is 0 Å². The summed E-state index contributed by atoms with van der Waals surface area (Å²) in [5, 5.41) is 5.49. The Bertz CT molecular complexity index is 2670. The van der Waals surface area contributed by atoms with Crippen molar-refractivity contribution in [2.24, 2.45) is 11.8 Å². The molecule has 2 aromatic heterocycles. The maximum Gasteiger partial charge on any atom is 0.410 e. The van der Waals surface area contributed by atoms with Gasteiger partial charge in [-0.3, -0.25) is 9.59 Å². The van der Waals surface area contributed by atoms with Gasteiger partial charge in [0, 0.05) is 60.8 Å². The van der Waals surface area contributed by atoms with Gasteiger partial charge in [0.1, 0.15) is 48.8 Å². The number of rotatable bonds is 21. The SMILES string of the molecule is COC(=O)N[C@H](C(=O)N1CCN(C(=O)OC(C)(C)C)C[C@H]1c1nc(-c2ccc(-c3ccc(-c4cnc([C@@H]5CCCN5C(=O)[C@@H](NC(=O)OC)C(C)C)n4COCC[Si](C)(C)C)cc3)cc2)cn1COCC[Si](C)(C)C)C(C)C. The van der Waals surface area contributed by atoms with E-state index in [1.807, 2.05) is 82.5 Å². The molecular weight excluding hydrogens is 1030 g/mol. The van der Waals surface area contributed by atoms with E-state index in [9.17, 15) is 24.0 Å². The third-order valence-corrected chi connectivity index (χ3v) is 17.5. The molecule has 4 aromatic rings. The third kappa shape index (κ3) is 16.3. The molecule has 2 fully saturated rings. The van der Waals surface area contributed by atoms with E-state index in [0.717, 1.165) is 58.7 Å². The van der Waals surface area contributed by atoms with Gasteiger partial charge in [-0.1, -0.05) is 116 Å². The van der Waals surface area contributed by atoms with Crippen molar-refractivity contribution in [3.63, 3.8) is 0 Å². The fraction of sp³-hybridized carbons (Fsp3) is 0.596. The van der Waals surface area contributed by atoms with Gasteiger partial charge in [0.2, 0.25) is 11.8 Å². The van der Waals surface area contributed by atoms with Crippen LogP contribution in [0, 0.1) is 11.8 Å². The average Bonchev–Trinajstić information content (AvgIpc) is 4.18. The first-order valence-corrected chi connectivity index (χ1v) is 34.9. The largest absolute Gasteiger partial charge is 0.453 e. The molecule has 4 atom stereocenters. The van der Waals surface area contributed by atoms with Crippen molar-refractivity contribution >= 4 is 46.2 Å². The first-order chi connectivity index (χ1) is 36.7. The number of likely N-dealkylation sites (tertiary alicyclic amines) is 1. The molecule has 0 saturated carbocycles. The molecule has 0 bridgehead atoms. The van der Waals surface area contributed by atoms with Crippen LogP contribution < -0.4 is 10.6 Å². The van der Waals surface area contributed by atoms with Crippen LogP contribution in [-0.2, 0) is 46.7 Å². The van der Waals surface area contributed by atoms with E-state index < -0.39 is 58.2 Å². The molecule has 2 N–H and O–H groups in total. The maximum atomic E-state index is 14.6. The van der Waals surface area contributed by atoms with Gasteiger partial charge in [-0.25, -0.2) is 24.4 Å². The molecule has 0 spiro atoms. The monoisotopic (exact) mass is 1110 g/mol. The number of methoxy groups -OCH3 is 2. The summed E-state index contributed by atoms with van der Waals surface area (Å²) in [6.45, 7) is 29.5. The van der Waals surface area contributed by atoms with E-state index in [0.29, 0.717) is 31.3 Å². The van der Waals surface area contributed by atoms with E-state index in [1.54, 1.807) is 9.80 Å². The molecule has 0 unspecified atom stereocenters. The predicted molar refractivity (Wildman–Crippen MR) is 307 cm³/mol. The van der Waals surface area contributed by atoms with E-state index >= 15 is 0 Å². The Hall–Kier alpha value is -6.04. The lowest BCUT2D eigenvalue weighted by Crippen LogP contribution is -2.59. The second kappa shape index (κ2) is 26.3. The van der Waals surface area contributed by atoms with Crippen molar-refractivity contribution in [3.05, 3.63) is 72.6 Å². The number of imidazole rings is 2. The van der Waals surface area contributed by atoms with E-state index in [-0.39, 0.29) is 62.8 Å². The molecule has 428 valence electrons. The Morgan fingerprint density at radius 1 is 0.667 bits per heavy atom. The number of benzene rings is 2. The van der Waals surface area contributed by atoms with Gasteiger partial charge in [0.25, 0.3) is 0 Å². The number of nitrogens with zero attached hydrogens (tertiary/aromatic N) is 7. The highest BCUT2D eigenvalue weighted by Crippen LogP contribution is 2.37. The van der Waals surface area contributed by atoms with E-state index in [4.69, 9.17) is 33.7 Å². The van der Waals surface area contributed by atoms with Gasteiger partial charge in [-0.05, 0) is 74.2 Å². The predicted octanol–water partition coefficient (Wildman–Crippen LogP) is 10.3. The van der Waals surface area contributed by atoms with Crippen LogP contribution in [0.4, 0.5) is 14.4 Å². The minimum Gasteiger partial charge on any atom is -0.453 e. The summed E-state index contributed by atoms with van der Waals surface area (Å²) in [6, 6.07) is 15.8. The van der Waals surface area contributed by atoms with Crippen LogP contribution in [0.15, 0.2) is 60.9 Å². The molecule has 78 heavy (non-hydrogen) atoms. The van der Waals surface area contributed by atoms with Crippen LogP contribution in [0.1, 0.15) is 85.0 Å². The topological polar surface area (TPSA) is 201 Å². The molecule has 19 nitrogen and oxygen atoms in total. The number of amides is 5. The highest BCUT2D eigenvalue weighted by atomic mass is 28.3. The van der Waals surface area contributed by atoms with Crippen LogP contribution >= 0.6 is 0 Å². The summed E-state index contributed by atoms with van der Waals surface area (Å²) in [4.78, 5) is 82.6. The molecule has 6 rings (SSSR count). The lowest BCUT2D eigenvalue weighted by atomic mass is 10.0. The number of hydrogen-bond acceptors (Lipinski definition) is 12. The zero-order valence-corrected chi connectivity index (χ0v) is 50.9. The molecule has 4 heterocycles. The molecule has 2 saturated heterocycles. The fourth-order valence-corrected chi connectivity index (χ4v) is 11.0. The van der Waals surface area contributed by atoms with Crippen molar-refractivity contribution in [2.45, 2.75) is 156 Å².